The van der Waals surface area contributed by atoms with Crippen molar-refractivity contribution in [1.29, 1.82) is 0 Å². The summed E-state index contributed by atoms with van der Waals surface area (Å²) < 4.78 is 0. The van der Waals surface area contributed by atoms with Crippen molar-refractivity contribution < 1.29 is 4.79 Å². The van der Waals surface area contributed by atoms with Gasteiger partial charge in [-0.2, -0.15) is 0 Å². The molecule has 6 aromatic rings. The fourth-order valence-corrected chi connectivity index (χ4v) is 8.62. The Morgan fingerprint density at radius 3 is 1.44 bits per heavy atom. The molecular formula is C48H60N8OS2. The zero-order valence-electron chi connectivity index (χ0n) is 35.3. The fraction of sp³-hybridized carbons (Fsp3) is 0.354. The van der Waals surface area contributed by atoms with E-state index in [2.05, 4.69) is 157 Å². The second kappa shape index (κ2) is 22.3. The van der Waals surface area contributed by atoms with Gasteiger partial charge in [0.15, 0.2) is 10.3 Å². The van der Waals surface area contributed by atoms with Gasteiger partial charge in [-0.05, 0) is 56.4 Å². The van der Waals surface area contributed by atoms with Crippen LogP contribution < -0.4 is 15.1 Å². The van der Waals surface area contributed by atoms with Crippen LogP contribution in [0.25, 0.3) is 45.0 Å². The van der Waals surface area contributed by atoms with E-state index in [0.29, 0.717) is 6.54 Å². The van der Waals surface area contributed by atoms with E-state index in [9.17, 15) is 4.79 Å². The first-order valence-electron chi connectivity index (χ1n) is 21.0. The molecule has 2 aromatic heterocycles. The standard InChI is InChI=1S/C48H60N8OS2/c1-6-31-49-48(57)56(32-15-9-17-34-58-46-50-42(36-19-11-7-12-20-36)43(51-46)37-21-13-8-14-22-37)33-16-10-18-35-59-47-52-44(38-23-27-40(28-24-38)54(2)3)45(53-47)39-25-29-41(30-26-39)55(4)5/h7-8,11-14,19-30H,6,9-10,15-18,31-35H2,1-5H3,(H,49,57)(H,50,51)(H,52,53). The number of anilines is 2. The molecule has 0 bridgehead atoms. The number of hydrogen-bond acceptors (Lipinski definition) is 7. The molecule has 0 saturated heterocycles. The topological polar surface area (TPSA) is 96.2 Å². The van der Waals surface area contributed by atoms with Crippen LogP contribution in [0.2, 0.25) is 0 Å². The molecule has 11 heteroatoms. The van der Waals surface area contributed by atoms with E-state index in [4.69, 9.17) is 9.97 Å². The Bertz CT molecular complexity index is 2020. The summed E-state index contributed by atoms with van der Waals surface area (Å²) in [5.74, 6) is 1.93. The monoisotopic (exact) mass is 828 g/mol. The van der Waals surface area contributed by atoms with Gasteiger partial charge in [-0.1, -0.05) is 128 Å². The average molecular weight is 829 g/mol. The number of nitrogens with zero attached hydrogens (tertiary/aromatic N) is 5. The second-order valence-electron chi connectivity index (χ2n) is 15.2. The van der Waals surface area contributed by atoms with Gasteiger partial charge in [0.25, 0.3) is 0 Å². The van der Waals surface area contributed by atoms with E-state index < -0.39 is 0 Å². The molecule has 0 saturated carbocycles. The summed E-state index contributed by atoms with van der Waals surface area (Å²) in [4.78, 5) is 36.7. The van der Waals surface area contributed by atoms with Crippen molar-refractivity contribution in [2.75, 3.05) is 69.1 Å². The van der Waals surface area contributed by atoms with Crippen LogP contribution in [0.1, 0.15) is 51.9 Å². The first-order valence-corrected chi connectivity index (χ1v) is 22.9. The molecule has 59 heavy (non-hydrogen) atoms. The highest BCUT2D eigenvalue weighted by Crippen LogP contribution is 2.35. The Morgan fingerprint density at radius 2 is 0.983 bits per heavy atom. The highest BCUT2D eigenvalue weighted by Gasteiger charge is 2.17. The smallest absolute Gasteiger partial charge is 0.317 e. The zero-order valence-corrected chi connectivity index (χ0v) is 37.0. The van der Waals surface area contributed by atoms with Crippen LogP contribution in [0, 0.1) is 0 Å². The Balaban J connectivity index is 0.971. The Kier molecular flexibility index (Phi) is 16.4. The fourth-order valence-electron chi connectivity index (χ4n) is 6.88. The van der Waals surface area contributed by atoms with Crippen molar-refractivity contribution in [3.05, 3.63) is 109 Å². The number of carbonyl (C=O) groups is 1. The number of carbonyl (C=O) groups excluding carboxylic acids is 1. The molecule has 2 heterocycles. The maximum absolute atomic E-state index is 13.1. The highest BCUT2D eigenvalue weighted by molar-refractivity contribution is 7.99. The number of imidazole rings is 2. The number of urea groups is 1. The van der Waals surface area contributed by atoms with Gasteiger partial charge in [0.2, 0.25) is 0 Å². The van der Waals surface area contributed by atoms with Gasteiger partial charge in [-0.25, -0.2) is 14.8 Å². The number of aromatic amines is 2. The third kappa shape index (κ3) is 12.4. The van der Waals surface area contributed by atoms with Crippen molar-refractivity contribution >= 4 is 40.9 Å². The van der Waals surface area contributed by atoms with Crippen molar-refractivity contribution in [2.45, 2.75) is 62.2 Å². The van der Waals surface area contributed by atoms with Crippen molar-refractivity contribution in [1.82, 2.24) is 30.2 Å². The molecule has 0 atom stereocenters. The Morgan fingerprint density at radius 1 is 0.559 bits per heavy atom. The Hall–Kier alpha value is -5.13. The second-order valence-corrected chi connectivity index (χ2v) is 17.4. The lowest BCUT2D eigenvalue weighted by atomic mass is 10.0. The quantitative estimate of drug-likeness (QED) is 0.0463. The van der Waals surface area contributed by atoms with Crippen molar-refractivity contribution in [2.24, 2.45) is 0 Å². The van der Waals surface area contributed by atoms with E-state index in [1.165, 1.54) is 0 Å². The summed E-state index contributed by atoms with van der Waals surface area (Å²) in [6.45, 7) is 4.34. The molecule has 0 radical (unpaired) electrons. The maximum Gasteiger partial charge on any atom is 0.317 e. The summed E-state index contributed by atoms with van der Waals surface area (Å²) in [6, 6.07) is 38.1. The molecular weight excluding hydrogens is 769 g/mol. The first kappa shape index (κ1) is 43.4. The number of rotatable bonds is 22. The minimum atomic E-state index is 0.0564. The number of benzene rings is 4. The summed E-state index contributed by atoms with van der Waals surface area (Å²) in [5.41, 5.74) is 10.8. The summed E-state index contributed by atoms with van der Waals surface area (Å²) in [7, 11) is 8.24. The van der Waals surface area contributed by atoms with E-state index in [1.807, 2.05) is 17.0 Å². The molecule has 3 N–H and O–H groups in total. The maximum atomic E-state index is 13.1. The van der Waals surface area contributed by atoms with Gasteiger partial charge in [0.05, 0.1) is 22.8 Å². The predicted octanol–water partition coefficient (Wildman–Crippen LogP) is 11.6. The van der Waals surface area contributed by atoms with E-state index >= 15 is 0 Å². The molecule has 0 aliphatic rings. The molecule has 310 valence electrons. The van der Waals surface area contributed by atoms with E-state index in [1.54, 1.807) is 23.5 Å². The third-order valence-electron chi connectivity index (χ3n) is 10.2. The molecule has 6 rings (SSSR count). The van der Waals surface area contributed by atoms with Crippen LogP contribution in [0.3, 0.4) is 0 Å². The van der Waals surface area contributed by atoms with Crippen molar-refractivity contribution in [3.8, 4) is 45.0 Å². The van der Waals surface area contributed by atoms with Gasteiger partial charge in [-0.15, -0.1) is 0 Å². The normalized spacial score (nSPS) is 11.1. The minimum Gasteiger partial charge on any atom is -0.378 e. The number of amides is 2. The first-order chi connectivity index (χ1) is 28.8. The molecule has 9 nitrogen and oxygen atoms in total. The molecule has 0 fully saturated rings. The summed E-state index contributed by atoms with van der Waals surface area (Å²) in [5, 5.41) is 4.99. The number of nitrogens with one attached hydrogen (secondary N) is 3. The average Bonchev–Trinajstić information content (AvgIpc) is 3.90. The van der Waals surface area contributed by atoms with Crippen molar-refractivity contribution in [3.63, 3.8) is 0 Å². The van der Waals surface area contributed by atoms with Crippen LogP contribution >= 0.6 is 23.5 Å². The van der Waals surface area contributed by atoms with Crippen LogP contribution in [-0.2, 0) is 0 Å². The van der Waals surface area contributed by atoms with Crippen LogP contribution in [0.15, 0.2) is 120 Å². The molecule has 0 aliphatic carbocycles. The molecule has 2 amide bonds. The molecule has 0 unspecified atom stereocenters. The number of hydrogen-bond donors (Lipinski definition) is 3. The van der Waals surface area contributed by atoms with Gasteiger partial charge in [0, 0.05) is 93.0 Å². The highest BCUT2D eigenvalue weighted by atomic mass is 32.2. The largest absolute Gasteiger partial charge is 0.378 e. The van der Waals surface area contributed by atoms with E-state index in [-0.39, 0.29) is 6.03 Å². The molecule has 4 aromatic carbocycles. The summed E-state index contributed by atoms with van der Waals surface area (Å²) >= 11 is 3.54. The van der Waals surface area contributed by atoms with E-state index in [0.717, 1.165) is 136 Å². The lowest BCUT2D eigenvalue weighted by Gasteiger charge is -2.23. The number of unbranched alkanes of at least 4 members (excludes halogenated alkanes) is 4. The molecule has 0 aliphatic heterocycles. The number of thioether (sulfide) groups is 2. The predicted molar refractivity (Wildman–Crippen MR) is 252 cm³/mol. The number of H-pyrrole nitrogens is 2. The van der Waals surface area contributed by atoms with Gasteiger partial charge in [-0.3, -0.25) is 0 Å². The van der Waals surface area contributed by atoms with Crippen LogP contribution in [0.5, 0.6) is 0 Å². The lowest BCUT2D eigenvalue weighted by Crippen LogP contribution is -2.41. The van der Waals surface area contributed by atoms with Crippen LogP contribution in [-0.4, -0.2) is 90.2 Å². The SMILES string of the molecule is CCCNC(=O)N(CCCCCSc1nc(-c2ccccc2)c(-c2ccccc2)[nH]1)CCCCCSc1nc(-c2ccc(N(C)C)cc2)c(-c2ccc(N(C)C)cc2)[nH]1. The summed E-state index contributed by atoms with van der Waals surface area (Å²) in [6.07, 6.45) is 7.12. The van der Waals surface area contributed by atoms with Gasteiger partial charge >= 0.3 is 6.03 Å². The van der Waals surface area contributed by atoms with Gasteiger partial charge in [0.1, 0.15) is 0 Å². The van der Waals surface area contributed by atoms with Crippen LogP contribution in [0.4, 0.5) is 16.2 Å². The molecule has 0 spiro atoms. The zero-order chi connectivity index (χ0) is 41.4. The third-order valence-corrected chi connectivity index (χ3v) is 12.2. The van der Waals surface area contributed by atoms with Gasteiger partial charge < -0.3 is 30.0 Å². The lowest BCUT2D eigenvalue weighted by molar-refractivity contribution is 0.195. The minimum absolute atomic E-state index is 0.0564. The number of aromatic nitrogens is 4. The Labute approximate surface area is 359 Å².